The second-order valence-electron chi connectivity index (χ2n) is 2.39. The molecule has 1 amide bonds. The fourth-order valence-electron chi connectivity index (χ4n) is 0.685. The second kappa shape index (κ2) is 12.4. The molecule has 0 saturated heterocycles. The van der Waals surface area contributed by atoms with Crippen molar-refractivity contribution in [3.05, 3.63) is 34.9 Å². The maximum absolute atomic E-state index is 10.8. The van der Waals surface area contributed by atoms with Crippen LogP contribution in [0.25, 0.3) is 0 Å². The summed E-state index contributed by atoms with van der Waals surface area (Å²) >= 11 is 5.60. The molecule has 0 unspecified atom stereocenters. The summed E-state index contributed by atoms with van der Waals surface area (Å²) in [5.41, 5.74) is 2.52. The number of nitrogen functional groups attached to an aromatic ring is 1. The van der Waals surface area contributed by atoms with Crippen LogP contribution in [-0.2, 0) is 34.4 Å². The number of hydrogen-bond acceptors (Lipinski definition) is 6. The third-order valence-electron chi connectivity index (χ3n) is 1.24. The average molecular weight is 352 g/mol. The molecule has 5 N–H and O–H groups in total. The first-order chi connectivity index (χ1) is 7.24. The molecule has 109 valence electrons. The van der Waals surface area contributed by atoms with Gasteiger partial charge in [0.1, 0.15) is 0 Å². The van der Waals surface area contributed by atoms with E-state index in [1.165, 1.54) is 0 Å². The van der Waals surface area contributed by atoms with Gasteiger partial charge in [-0.1, -0.05) is 11.6 Å². The van der Waals surface area contributed by atoms with Crippen molar-refractivity contribution in [1.29, 1.82) is 0 Å². The smallest absolute Gasteiger partial charge is 2.00 e. The molecule has 0 aliphatic rings. The van der Waals surface area contributed by atoms with E-state index in [9.17, 15) is 4.79 Å². The molecule has 1 radical (unpaired) electrons. The number of carbonyl (C=O) groups is 1. The van der Waals surface area contributed by atoms with Gasteiger partial charge in [0.2, 0.25) is 0 Å². The molecule has 1 aromatic rings. The molecule has 1 rings (SSSR count). The van der Waals surface area contributed by atoms with E-state index in [-0.39, 0.29) is 35.4 Å². The molecule has 0 aliphatic carbocycles. The summed E-state index contributed by atoms with van der Waals surface area (Å²) in [6, 6.07) is 6.47. The molecule has 0 fully saturated rings. The molecule has 0 aliphatic heterocycles. The van der Waals surface area contributed by atoms with Gasteiger partial charge in [-0.15, -0.1) is 0 Å². The van der Waals surface area contributed by atoms with Gasteiger partial charge in [0.05, 0.1) is 0 Å². The minimum absolute atomic E-state index is 0. The van der Waals surface area contributed by atoms with Gasteiger partial charge in [0.15, 0.2) is 0 Å². The van der Waals surface area contributed by atoms with Gasteiger partial charge in [-0.2, -0.15) is 0 Å². The van der Waals surface area contributed by atoms with Crippen LogP contribution in [0.5, 0.6) is 0 Å². The summed E-state index contributed by atoms with van der Waals surface area (Å²) in [4.78, 5) is 10.8. The van der Waals surface area contributed by atoms with Gasteiger partial charge in [0.25, 0.3) is 5.91 Å². The molecule has 19 heavy (non-hydrogen) atoms. The molecule has 0 atom stereocenters. The van der Waals surface area contributed by atoms with Gasteiger partial charge >= 0.3 is 18.6 Å². The summed E-state index contributed by atoms with van der Waals surface area (Å²) < 4.78 is 34.1. The predicted octanol–water partition coefficient (Wildman–Crippen LogP) is -1.34. The van der Waals surface area contributed by atoms with E-state index in [4.69, 9.17) is 35.0 Å². The molecular weight excluding hydrogens is 343 g/mol. The van der Waals surface area contributed by atoms with Gasteiger partial charge < -0.3 is 20.1 Å². The van der Waals surface area contributed by atoms with E-state index in [2.05, 4.69) is 0 Å². The summed E-state index contributed by atoms with van der Waals surface area (Å²) in [7, 11) is -5.17. The van der Waals surface area contributed by atoms with Crippen molar-refractivity contribution in [1.82, 2.24) is 5.43 Å². The normalized spacial score (nSPS) is 8.42. The second-order valence-corrected chi connectivity index (χ2v) is 3.64. The Morgan fingerprint density at radius 2 is 1.53 bits per heavy atom. The zero-order valence-corrected chi connectivity index (χ0v) is 12.0. The van der Waals surface area contributed by atoms with Gasteiger partial charge in [0, 0.05) is 21.0 Å². The first kappa shape index (κ1) is 26.8. The van der Waals surface area contributed by atoms with Crippen LogP contribution in [0.2, 0.25) is 5.02 Å². The van der Waals surface area contributed by atoms with Crippen molar-refractivity contribution in [2.45, 2.75) is 0 Å². The van der Waals surface area contributed by atoms with E-state index in [1.807, 2.05) is 5.43 Å². The van der Waals surface area contributed by atoms with E-state index < -0.39 is 10.4 Å². The van der Waals surface area contributed by atoms with E-state index in [1.54, 1.807) is 24.3 Å². The van der Waals surface area contributed by atoms with Crippen LogP contribution in [0.4, 0.5) is 0 Å². The van der Waals surface area contributed by atoms with Gasteiger partial charge in [-0.3, -0.25) is 18.6 Å². The molecule has 0 bridgehead atoms. The molecule has 1 aromatic carbocycles. The number of hydrogen-bond donors (Lipinski definition) is 2. The quantitative estimate of drug-likeness (QED) is 0.206. The Kier molecular flexibility index (Phi) is 17.4. The van der Waals surface area contributed by atoms with Crippen LogP contribution >= 0.6 is 11.6 Å². The summed E-state index contributed by atoms with van der Waals surface area (Å²) in [6.07, 6.45) is 0. The average Bonchev–Trinajstić information content (AvgIpc) is 2.15. The van der Waals surface area contributed by atoms with Crippen molar-refractivity contribution in [3.63, 3.8) is 0 Å². The van der Waals surface area contributed by atoms with E-state index in [0.717, 1.165) is 0 Å². The maximum Gasteiger partial charge on any atom is 2.00 e. The standard InChI is InChI=1S/C7H7ClN2O.H2O4S.H2O.O.V/c8-6-3-1-5(2-4-6)7(11)10-9;1-5(2,3)4;;;/h1-4H,9H2,(H,10,11);(H2,1,2,3,4);1H2;;/q;;;-2;+2/p-2. The third-order valence-corrected chi connectivity index (χ3v) is 1.49. The topological polar surface area (TPSA) is 195 Å². The number of rotatable bonds is 1. The Morgan fingerprint density at radius 3 is 1.79 bits per heavy atom. The number of hydrazine groups is 1. The van der Waals surface area contributed by atoms with Crippen LogP contribution in [-0.4, -0.2) is 28.9 Å². The maximum atomic E-state index is 10.8. The first-order valence-electron chi connectivity index (χ1n) is 3.67. The molecule has 0 heterocycles. The van der Waals surface area contributed by atoms with Crippen molar-refractivity contribution < 1.29 is 51.8 Å². The van der Waals surface area contributed by atoms with Crippen LogP contribution in [0.3, 0.4) is 0 Å². The zero-order valence-electron chi connectivity index (χ0n) is 9.07. The Balaban J connectivity index is -0.000000125. The van der Waals surface area contributed by atoms with Crippen molar-refractivity contribution >= 4 is 27.9 Å². The molecule has 0 aromatic heterocycles. The first-order valence-corrected chi connectivity index (χ1v) is 5.38. The Hall–Kier alpha value is -0.686. The van der Waals surface area contributed by atoms with Crippen molar-refractivity contribution in [2.75, 3.05) is 0 Å². The summed E-state index contributed by atoms with van der Waals surface area (Å²) in [5, 5.41) is 0.596. The van der Waals surface area contributed by atoms with Crippen LogP contribution in [0.15, 0.2) is 24.3 Å². The number of carbonyl (C=O) groups excluding carboxylic acids is 1. The Morgan fingerprint density at radius 1 is 1.21 bits per heavy atom. The largest absolute Gasteiger partial charge is 2.00 e. The van der Waals surface area contributed by atoms with Crippen molar-refractivity contribution in [2.24, 2.45) is 5.84 Å². The number of benzene rings is 1. The SMILES string of the molecule is NNC(=O)c1ccc(Cl)cc1.O.O=S(=O)([O-])[O-].[O-2].[V+2]. The number of halogens is 1. The van der Waals surface area contributed by atoms with Gasteiger partial charge in [-0.25, -0.2) is 5.84 Å². The molecule has 0 saturated carbocycles. The van der Waals surface area contributed by atoms with E-state index in [0.29, 0.717) is 10.6 Å². The molecule has 9 nitrogen and oxygen atoms in total. The van der Waals surface area contributed by atoms with Crippen LogP contribution in [0.1, 0.15) is 10.4 Å². The summed E-state index contributed by atoms with van der Waals surface area (Å²) in [6.45, 7) is 0. The zero-order chi connectivity index (χ0) is 12.8. The Labute approximate surface area is 126 Å². The molecule has 0 spiro atoms. The number of nitrogens with one attached hydrogen (secondary N) is 1. The molecule has 12 heteroatoms. The Bertz CT molecular complexity index is 445. The van der Waals surface area contributed by atoms with E-state index >= 15 is 0 Å². The van der Waals surface area contributed by atoms with Crippen LogP contribution in [0, 0.1) is 0 Å². The predicted molar refractivity (Wildman–Crippen MR) is 57.9 cm³/mol. The van der Waals surface area contributed by atoms with Crippen LogP contribution < -0.4 is 11.3 Å². The number of amides is 1. The fourth-order valence-corrected chi connectivity index (χ4v) is 0.811. The number of nitrogens with two attached hydrogens (primary N) is 1. The minimum Gasteiger partial charge on any atom is -2.00 e. The van der Waals surface area contributed by atoms with Gasteiger partial charge in [-0.05, 0) is 24.3 Å². The third kappa shape index (κ3) is 17.3. The summed E-state index contributed by atoms with van der Waals surface area (Å²) in [5.74, 6) is 4.59. The van der Waals surface area contributed by atoms with Crippen molar-refractivity contribution in [3.8, 4) is 0 Å². The fraction of sp³-hybridized carbons (Fsp3) is 0. The molecular formula is C7H9ClN2O7SV-2. The minimum atomic E-state index is -5.17. The monoisotopic (exact) mass is 351 g/mol.